The summed E-state index contributed by atoms with van der Waals surface area (Å²) in [6, 6.07) is 7.16. The highest BCUT2D eigenvalue weighted by molar-refractivity contribution is 6.62. The summed E-state index contributed by atoms with van der Waals surface area (Å²) in [4.78, 5) is 34.8. The minimum absolute atomic E-state index is 0.0776. The van der Waals surface area contributed by atoms with E-state index in [1.54, 1.807) is 0 Å². The molecule has 1 saturated carbocycles. The van der Waals surface area contributed by atoms with E-state index < -0.39 is 29.3 Å². The molecule has 1 aromatic carbocycles. The maximum atomic E-state index is 14.7. The minimum atomic E-state index is -0.725. The molecule has 2 amide bonds. The third-order valence-electron chi connectivity index (χ3n) is 12.2. The van der Waals surface area contributed by atoms with Crippen LogP contribution >= 0.6 is 0 Å². The van der Waals surface area contributed by atoms with Crippen LogP contribution in [0, 0.1) is 5.41 Å². The van der Waals surface area contributed by atoms with Gasteiger partial charge in [-0.2, -0.15) is 0 Å². The number of anilines is 1. The minimum Gasteiger partial charge on any atom is -0.399 e. The third-order valence-corrected chi connectivity index (χ3v) is 12.2. The van der Waals surface area contributed by atoms with Gasteiger partial charge in [-0.1, -0.05) is 26.0 Å². The van der Waals surface area contributed by atoms with E-state index >= 15 is 0 Å². The molecule has 5 heterocycles. The fourth-order valence-corrected chi connectivity index (χ4v) is 8.49. The Morgan fingerprint density at radius 2 is 1.56 bits per heavy atom. The zero-order valence-corrected chi connectivity index (χ0v) is 27.3. The molecule has 9 heteroatoms. The molecule has 0 N–H and O–H groups in total. The normalized spacial score (nSPS) is 34.2. The Hall–Kier alpha value is -1.94. The Labute approximate surface area is 257 Å². The molecule has 8 nitrogen and oxygen atoms in total. The SMILES string of the molecule is CC1(C)CCN([C@H]2C[C@@H](N3C(=O)C4(CCN(C(=O)C5(C)CCCO5)CC4)c4ccc(B5OC(C)(C)C(C)(C)O5)cc43)C2)C1. The van der Waals surface area contributed by atoms with Crippen molar-refractivity contribution in [3.63, 3.8) is 0 Å². The quantitative estimate of drug-likeness (QED) is 0.493. The molecule has 0 aromatic heterocycles. The number of rotatable bonds is 4. The number of ether oxygens (including phenoxy) is 1. The fourth-order valence-electron chi connectivity index (χ4n) is 8.49. The molecular weight excluding hydrogens is 541 g/mol. The smallest absolute Gasteiger partial charge is 0.399 e. The number of fused-ring (bicyclic) bond motifs is 2. The van der Waals surface area contributed by atoms with Crippen molar-refractivity contribution in [3.05, 3.63) is 23.8 Å². The van der Waals surface area contributed by atoms with Crippen molar-refractivity contribution in [2.45, 2.75) is 128 Å². The van der Waals surface area contributed by atoms with Crippen LogP contribution in [0.5, 0.6) is 0 Å². The molecule has 43 heavy (non-hydrogen) atoms. The van der Waals surface area contributed by atoms with Gasteiger partial charge in [-0.25, -0.2) is 0 Å². The molecule has 4 saturated heterocycles. The van der Waals surface area contributed by atoms with E-state index in [2.05, 4.69) is 69.5 Å². The first-order chi connectivity index (χ1) is 20.1. The van der Waals surface area contributed by atoms with Crippen molar-refractivity contribution in [3.8, 4) is 0 Å². The van der Waals surface area contributed by atoms with Gasteiger partial charge in [0.05, 0.1) is 16.6 Å². The Balaban J connectivity index is 1.16. The van der Waals surface area contributed by atoms with Crippen LogP contribution in [0.3, 0.4) is 0 Å². The standard InChI is InChI=1S/C34H50BN3O5/c1-30(2)12-15-37(22-30)24-20-25(21-24)38-27-19-23(35-42-31(3,4)32(5,6)43-35)9-10-26(27)34(29(38)40)13-16-36(17-14-34)28(39)33(7)11-8-18-41-33/h9-10,19,24-25H,8,11-18,20-22H2,1-7H3/t24-,25+,33?. The predicted octanol–water partition coefficient (Wildman–Crippen LogP) is 4.02. The molecule has 6 aliphatic rings. The van der Waals surface area contributed by atoms with Crippen molar-refractivity contribution < 1.29 is 23.6 Å². The summed E-state index contributed by atoms with van der Waals surface area (Å²) in [7, 11) is -0.476. The molecule has 1 aromatic rings. The average molecular weight is 592 g/mol. The first kappa shape index (κ1) is 29.8. The van der Waals surface area contributed by atoms with Gasteiger partial charge in [0, 0.05) is 44.0 Å². The van der Waals surface area contributed by atoms with Crippen LogP contribution in [-0.2, 0) is 29.0 Å². The largest absolute Gasteiger partial charge is 0.494 e. The molecule has 1 atom stereocenters. The van der Waals surface area contributed by atoms with Crippen LogP contribution < -0.4 is 10.4 Å². The van der Waals surface area contributed by atoms with Crippen LogP contribution in [0.15, 0.2) is 18.2 Å². The highest BCUT2D eigenvalue weighted by Gasteiger charge is 2.58. The van der Waals surface area contributed by atoms with Gasteiger partial charge in [0.1, 0.15) is 5.60 Å². The number of likely N-dealkylation sites (tertiary alicyclic amines) is 2. The molecule has 1 aliphatic carbocycles. The second-order valence-corrected chi connectivity index (χ2v) is 16.3. The second kappa shape index (κ2) is 9.78. The lowest BCUT2D eigenvalue weighted by atomic mass is 9.71. The summed E-state index contributed by atoms with van der Waals surface area (Å²) in [6.07, 6.45) is 6.23. The summed E-state index contributed by atoms with van der Waals surface area (Å²) in [5, 5.41) is 0. The van der Waals surface area contributed by atoms with Crippen LogP contribution in [0.2, 0.25) is 0 Å². The first-order valence-corrected chi connectivity index (χ1v) is 16.7. The van der Waals surface area contributed by atoms with Crippen LogP contribution in [0.25, 0.3) is 0 Å². The van der Waals surface area contributed by atoms with Crippen molar-refractivity contribution >= 4 is 30.1 Å². The summed E-state index contributed by atoms with van der Waals surface area (Å²) in [5.41, 5.74) is 1.27. The van der Waals surface area contributed by atoms with Crippen LogP contribution in [0.4, 0.5) is 5.69 Å². The molecule has 234 valence electrons. The highest BCUT2D eigenvalue weighted by Crippen LogP contribution is 2.52. The number of hydrogen-bond acceptors (Lipinski definition) is 6. The predicted molar refractivity (Wildman–Crippen MR) is 168 cm³/mol. The molecule has 0 bridgehead atoms. The lowest BCUT2D eigenvalue weighted by Gasteiger charge is -2.47. The number of carbonyl (C=O) groups excluding carboxylic acids is 2. The Morgan fingerprint density at radius 1 is 0.884 bits per heavy atom. The average Bonchev–Trinajstić information content (AvgIpc) is 3.63. The molecule has 1 unspecified atom stereocenters. The highest BCUT2D eigenvalue weighted by atomic mass is 16.7. The third kappa shape index (κ3) is 4.62. The Bertz CT molecular complexity index is 1290. The molecule has 0 radical (unpaired) electrons. The van der Waals surface area contributed by atoms with E-state index in [0.717, 1.165) is 55.5 Å². The summed E-state index contributed by atoms with van der Waals surface area (Å²) in [5.74, 6) is 0.294. The number of nitrogens with zero attached hydrogens (tertiary/aromatic N) is 3. The zero-order chi connectivity index (χ0) is 30.6. The van der Waals surface area contributed by atoms with Crippen molar-refractivity contribution in [2.75, 3.05) is 37.7 Å². The van der Waals surface area contributed by atoms with Gasteiger partial charge in [0.25, 0.3) is 5.91 Å². The van der Waals surface area contributed by atoms with Crippen molar-refractivity contribution in [2.24, 2.45) is 5.41 Å². The second-order valence-electron chi connectivity index (χ2n) is 16.3. The molecule has 1 spiro atoms. The Kier molecular flexibility index (Phi) is 6.77. The maximum absolute atomic E-state index is 14.7. The summed E-state index contributed by atoms with van der Waals surface area (Å²) < 4.78 is 18.7. The summed E-state index contributed by atoms with van der Waals surface area (Å²) in [6.45, 7) is 19.0. The number of benzene rings is 1. The lowest BCUT2D eigenvalue weighted by molar-refractivity contribution is -0.153. The van der Waals surface area contributed by atoms with E-state index in [1.807, 2.05) is 11.8 Å². The van der Waals surface area contributed by atoms with E-state index in [-0.39, 0.29) is 17.9 Å². The topological polar surface area (TPSA) is 71.6 Å². The molecule has 5 aliphatic heterocycles. The first-order valence-electron chi connectivity index (χ1n) is 16.7. The van der Waals surface area contributed by atoms with Gasteiger partial charge in [0.15, 0.2) is 0 Å². The van der Waals surface area contributed by atoms with E-state index in [1.165, 1.54) is 6.42 Å². The number of carbonyl (C=O) groups is 2. The van der Waals surface area contributed by atoms with Crippen molar-refractivity contribution in [1.82, 2.24) is 9.80 Å². The Morgan fingerprint density at radius 3 is 2.14 bits per heavy atom. The van der Waals surface area contributed by atoms with Gasteiger partial charge in [-0.15, -0.1) is 0 Å². The van der Waals surface area contributed by atoms with E-state index in [9.17, 15) is 9.59 Å². The van der Waals surface area contributed by atoms with Crippen LogP contribution in [-0.4, -0.2) is 90.4 Å². The van der Waals surface area contributed by atoms with Gasteiger partial charge in [-0.05, 0) is 109 Å². The monoisotopic (exact) mass is 591 g/mol. The van der Waals surface area contributed by atoms with Gasteiger partial charge in [-0.3, -0.25) is 14.5 Å². The lowest BCUT2D eigenvalue weighted by Crippen LogP contribution is -2.58. The fraction of sp³-hybridized carbons (Fsp3) is 0.765. The molecule has 7 rings (SSSR count). The van der Waals surface area contributed by atoms with Gasteiger partial charge >= 0.3 is 7.12 Å². The number of hydrogen-bond donors (Lipinski definition) is 0. The zero-order valence-electron chi connectivity index (χ0n) is 27.3. The van der Waals surface area contributed by atoms with Crippen LogP contribution in [0.1, 0.15) is 99.0 Å². The number of piperidine rings is 1. The van der Waals surface area contributed by atoms with Crippen molar-refractivity contribution in [1.29, 1.82) is 0 Å². The van der Waals surface area contributed by atoms with Gasteiger partial charge in [0.2, 0.25) is 5.91 Å². The van der Waals surface area contributed by atoms with E-state index in [0.29, 0.717) is 44.0 Å². The molecule has 5 fully saturated rings. The molecular formula is C34H50BN3O5. The maximum Gasteiger partial charge on any atom is 0.494 e. The summed E-state index contributed by atoms with van der Waals surface area (Å²) >= 11 is 0. The van der Waals surface area contributed by atoms with E-state index in [4.69, 9.17) is 14.0 Å². The van der Waals surface area contributed by atoms with Gasteiger partial charge < -0.3 is 23.8 Å². The number of amides is 2.